The number of halogens is 1. The zero-order valence-corrected chi connectivity index (χ0v) is 12.9. The molecule has 0 bridgehead atoms. The Labute approximate surface area is 124 Å². The molecule has 2 aromatic carbocycles. The first-order valence-electron chi connectivity index (χ1n) is 6.62. The Hall–Kier alpha value is -1.35. The third-order valence-corrected chi connectivity index (χ3v) is 6.80. The number of alkyl halides is 1. The molecule has 0 aromatic heterocycles. The predicted molar refractivity (Wildman–Crippen MR) is 91.1 cm³/mol. The van der Waals surface area contributed by atoms with Gasteiger partial charge in [0.25, 0.3) is 0 Å². The van der Waals surface area contributed by atoms with E-state index in [2.05, 4.69) is 64.8 Å². The van der Waals surface area contributed by atoms with Gasteiger partial charge in [-0.2, -0.15) is 0 Å². The van der Waals surface area contributed by atoms with Crippen molar-refractivity contribution < 1.29 is 0 Å². The van der Waals surface area contributed by atoms with Gasteiger partial charge in [-0.1, -0.05) is 0 Å². The maximum absolute atomic E-state index is 2.40. The molecule has 4 rings (SSSR count). The summed E-state index contributed by atoms with van der Waals surface area (Å²) in [5.74, 6) is 0. The van der Waals surface area contributed by atoms with Gasteiger partial charge in [-0.3, -0.25) is 0 Å². The van der Waals surface area contributed by atoms with Crippen molar-refractivity contribution in [1.29, 1.82) is 0 Å². The van der Waals surface area contributed by atoms with E-state index >= 15 is 0 Å². The molecule has 1 heteroatoms. The monoisotopic (exact) mass is 358 g/mol. The van der Waals surface area contributed by atoms with E-state index in [0.717, 1.165) is 6.42 Å². The Morgan fingerprint density at radius 1 is 0.895 bits per heavy atom. The van der Waals surface area contributed by atoms with Crippen LogP contribution in [0.1, 0.15) is 20.6 Å². The maximum atomic E-state index is 2.40. The predicted octanol–water partition coefficient (Wildman–Crippen LogP) is 5.09. The average Bonchev–Trinajstić information content (AvgIpc) is 2.87. The van der Waals surface area contributed by atoms with E-state index in [-0.39, 0.29) is 21.2 Å². The van der Waals surface area contributed by atoms with E-state index in [1.54, 1.807) is 11.1 Å². The van der Waals surface area contributed by atoms with Crippen molar-refractivity contribution in [3.8, 4) is 11.1 Å². The van der Waals surface area contributed by atoms with Gasteiger partial charge in [0, 0.05) is 0 Å². The molecule has 0 radical (unpaired) electrons. The quantitative estimate of drug-likeness (QED) is 0.420. The zero-order valence-electron chi connectivity index (χ0n) is 10.5. The zero-order chi connectivity index (χ0) is 12.7. The van der Waals surface area contributed by atoms with Crippen LogP contribution in [0.5, 0.6) is 0 Å². The Morgan fingerprint density at radius 3 is 2.68 bits per heavy atom. The first-order valence-corrected chi connectivity index (χ1v) is 9.31. The summed E-state index contributed by atoms with van der Waals surface area (Å²) in [5.41, 5.74) is 7.52. The summed E-state index contributed by atoms with van der Waals surface area (Å²) in [4.78, 5) is 0. The molecule has 0 nitrogen and oxygen atoms in total. The van der Waals surface area contributed by atoms with Crippen LogP contribution < -0.4 is 0 Å². The van der Waals surface area contributed by atoms with E-state index in [0.29, 0.717) is 3.92 Å². The summed E-state index contributed by atoms with van der Waals surface area (Å²) in [7, 11) is 0. The molecule has 2 aliphatic rings. The molecule has 0 saturated heterocycles. The van der Waals surface area contributed by atoms with Gasteiger partial charge in [0.2, 0.25) is 0 Å². The van der Waals surface area contributed by atoms with Crippen LogP contribution in [-0.2, 0) is 6.42 Å². The van der Waals surface area contributed by atoms with Crippen molar-refractivity contribution in [2.45, 2.75) is 10.3 Å². The fourth-order valence-electron chi connectivity index (χ4n) is 3.01. The molecule has 0 fully saturated rings. The third kappa shape index (κ3) is 1.88. The molecule has 1 atom stereocenters. The molecule has 2 aromatic rings. The molecule has 0 saturated carbocycles. The van der Waals surface area contributed by atoms with Gasteiger partial charge in [-0.25, -0.2) is 0 Å². The summed E-state index contributed by atoms with van der Waals surface area (Å²) in [6.45, 7) is 0. The fraction of sp³-hybridized carbons (Fsp3) is 0.111. The number of benzene rings is 2. The number of hydrogen-bond acceptors (Lipinski definition) is 0. The molecule has 1 aliphatic heterocycles. The van der Waals surface area contributed by atoms with Gasteiger partial charge in [-0.15, -0.1) is 0 Å². The van der Waals surface area contributed by atoms with Gasteiger partial charge in [-0.05, 0) is 0 Å². The van der Waals surface area contributed by atoms with Gasteiger partial charge < -0.3 is 0 Å². The SMILES string of the molecule is C1=C[IH]C(c2cccc3c2Cc2ccccc2-3)C=C1. The molecule has 1 aliphatic carbocycles. The second-order valence-corrected chi connectivity index (χ2v) is 7.98. The molecule has 0 spiro atoms. The average molecular weight is 358 g/mol. The Balaban J connectivity index is 1.85. The van der Waals surface area contributed by atoms with Crippen LogP contribution in [0, 0.1) is 0 Å². The van der Waals surface area contributed by atoms with Gasteiger partial charge in [0.15, 0.2) is 0 Å². The van der Waals surface area contributed by atoms with Crippen LogP contribution >= 0.6 is 21.2 Å². The minimum absolute atomic E-state index is 0.0658. The summed E-state index contributed by atoms with van der Waals surface area (Å²) in [5, 5.41) is 0. The van der Waals surface area contributed by atoms with Crippen LogP contribution in [0.25, 0.3) is 11.1 Å². The topological polar surface area (TPSA) is 0 Å². The second-order valence-electron chi connectivity index (χ2n) is 4.98. The molecular formula is C18H15I. The minimum atomic E-state index is -0.0658. The van der Waals surface area contributed by atoms with E-state index < -0.39 is 0 Å². The standard InChI is InChI=1S/C18H15I/c1-2-7-14-13(6-1)12-17-15(14)8-5-9-16(17)18-10-3-4-11-19-18/h1-11,18-19H,12H2. The molecule has 94 valence electrons. The summed E-state index contributed by atoms with van der Waals surface area (Å²) in [6.07, 6.45) is 7.92. The van der Waals surface area contributed by atoms with E-state index in [1.165, 1.54) is 16.7 Å². The summed E-state index contributed by atoms with van der Waals surface area (Å²) in [6, 6.07) is 15.7. The first-order chi connectivity index (χ1) is 9.43. The van der Waals surface area contributed by atoms with Crippen molar-refractivity contribution in [3.63, 3.8) is 0 Å². The van der Waals surface area contributed by atoms with Crippen LogP contribution in [0.15, 0.2) is 64.8 Å². The molecular weight excluding hydrogens is 343 g/mol. The number of fused-ring (bicyclic) bond motifs is 3. The van der Waals surface area contributed by atoms with Crippen LogP contribution in [0.2, 0.25) is 0 Å². The van der Waals surface area contributed by atoms with Gasteiger partial charge in [0.05, 0.1) is 0 Å². The number of rotatable bonds is 1. The fourth-order valence-corrected chi connectivity index (χ4v) is 5.58. The molecule has 1 heterocycles. The van der Waals surface area contributed by atoms with Crippen molar-refractivity contribution >= 4 is 21.2 Å². The number of hydrogen-bond donors (Lipinski definition) is 0. The van der Waals surface area contributed by atoms with Crippen LogP contribution in [0.3, 0.4) is 0 Å². The summed E-state index contributed by atoms with van der Waals surface area (Å²) < 4.78 is 3.08. The Morgan fingerprint density at radius 2 is 1.79 bits per heavy atom. The Kier molecular flexibility index (Phi) is 2.80. The molecule has 0 N–H and O–H groups in total. The van der Waals surface area contributed by atoms with E-state index in [4.69, 9.17) is 0 Å². The normalized spacial score (nSPS) is 19.7. The number of allylic oxidation sites excluding steroid dienone is 3. The van der Waals surface area contributed by atoms with Crippen molar-refractivity contribution in [2.24, 2.45) is 0 Å². The first kappa shape index (κ1) is 11.5. The van der Waals surface area contributed by atoms with Crippen LogP contribution in [-0.4, -0.2) is 0 Å². The summed E-state index contributed by atoms with van der Waals surface area (Å²) >= 11 is -0.0658. The molecule has 19 heavy (non-hydrogen) atoms. The third-order valence-electron chi connectivity index (χ3n) is 3.89. The van der Waals surface area contributed by atoms with E-state index in [9.17, 15) is 0 Å². The van der Waals surface area contributed by atoms with Crippen molar-refractivity contribution in [1.82, 2.24) is 0 Å². The van der Waals surface area contributed by atoms with Crippen LogP contribution in [0.4, 0.5) is 0 Å². The van der Waals surface area contributed by atoms with Gasteiger partial charge in [0.1, 0.15) is 0 Å². The van der Waals surface area contributed by atoms with Crippen molar-refractivity contribution in [2.75, 3.05) is 0 Å². The van der Waals surface area contributed by atoms with E-state index in [1.807, 2.05) is 0 Å². The van der Waals surface area contributed by atoms with Gasteiger partial charge >= 0.3 is 124 Å². The Bertz CT molecular complexity index is 695. The second kappa shape index (κ2) is 4.64. The molecule has 1 unspecified atom stereocenters. The van der Waals surface area contributed by atoms with Crippen molar-refractivity contribution in [3.05, 3.63) is 81.5 Å². The molecule has 0 amide bonds.